The summed E-state index contributed by atoms with van der Waals surface area (Å²) in [5, 5.41) is 0. The number of rotatable bonds is 2. The molecule has 4 heteroatoms. The topological polar surface area (TPSA) is 49.6 Å². The molecule has 0 spiro atoms. The van der Waals surface area contributed by atoms with Gasteiger partial charge in [-0.1, -0.05) is 13.3 Å². The van der Waals surface area contributed by atoms with Crippen LogP contribution in [-0.2, 0) is 4.79 Å². The molecule has 110 valence electrons. The van der Waals surface area contributed by atoms with Gasteiger partial charge in [0, 0.05) is 31.6 Å². The van der Waals surface area contributed by atoms with Gasteiger partial charge in [0.05, 0.1) is 0 Å². The van der Waals surface area contributed by atoms with Crippen LogP contribution in [0.2, 0.25) is 0 Å². The molecule has 3 unspecified atom stereocenters. The quantitative estimate of drug-likeness (QED) is 0.820. The van der Waals surface area contributed by atoms with Crippen LogP contribution >= 0.6 is 0 Å². The van der Waals surface area contributed by atoms with Gasteiger partial charge in [0.25, 0.3) is 0 Å². The van der Waals surface area contributed by atoms with E-state index in [0.29, 0.717) is 17.9 Å². The molecule has 0 radical (unpaired) electrons. The summed E-state index contributed by atoms with van der Waals surface area (Å²) in [5.74, 6) is 1.00. The van der Waals surface area contributed by atoms with E-state index in [4.69, 9.17) is 5.73 Å². The van der Waals surface area contributed by atoms with Gasteiger partial charge in [0.1, 0.15) is 0 Å². The van der Waals surface area contributed by atoms with Crippen LogP contribution in [0, 0.1) is 11.8 Å². The number of amides is 1. The summed E-state index contributed by atoms with van der Waals surface area (Å²) in [7, 11) is 2.14. The van der Waals surface area contributed by atoms with Gasteiger partial charge in [0.2, 0.25) is 5.91 Å². The van der Waals surface area contributed by atoms with Gasteiger partial charge in [0.15, 0.2) is 0 Å². The van der Waals surface area contributed by atoms with Crippen LogP contribution in [0.1, 0.15) is 39.0 Å². The first-order valence-electron chi connectivity index (χ1n) is 7.81. The number of carbonyl (C=O) groups excluding carboxylic acids is 1. The lowest BCUT2D eigenvalue weighted by Gasteiger charge is -2.33. The first-order valence-corrected chi connectivity index (χ1v) is 7.81. The highest BCUT2D eigenvalue weighted by atomic mass is 16.2. The molecule has 19 heavy (non-hydrogen) atoms. The van der Waals surface area contributed by atoms with E-state index in [1.165, 1.54) is 12.8 Å². The summed E-state index contributed by atoms with van der Waals surface area (Å²) >= 11 is 0. The van der Waals surface area contributed by atoms with E-state index in [1.807, 2.05) is 0 Å². The largest absolute Gasteiger partial charge is 0.341 e. The number of nitrogens with two attached hydrogens (primary N) is 1. The van der Waals surface area contributed by atoms with Crippen molar-refractivity contribution in [1.82, 2.24) is 9.80 Å². The molecule has 1 saturated carbocycles. The molecular formula is C15H29N3O. The van der Waals surface area contributed by atoms with Gasteiger partial charge in [-0.15, -0.1) is 0 Å². The highest BCUT2D eigenvalue weighted by molar-refractivity contribution is 5.78. The Morgan fingerprint density at radius 2 is 1.95 bits per heavy atom. The van der Waals surface area contributed by atoms with Crippen molar-refractivity contribution >= 4 is 5.91 Å². The first kappa shape index (κ1) is 14.8. The van der Waals surface area contributed by atoms with Gasteiger partial charge < -0.3 is 15.5 Å². The average Bonchev–Trinajstić information content (AvgIpc) is 2.62. The summed E-state index contributed by atoms with van der Waals surface area (Å²) in [6.07, 6.45) is 5.62. The fourth-order valence-electron chi connectivity index (χ4n) is 3.48. The molecule has 1 saturated heterocycles. The minimum atomic E-state index is 0.148. The summed E-state index contributed by atoms with van der Waals surface area (Å²) in [5.41, 5.74) is 6.05. The maximum absolute atomic E-state index is 12.6. The van der Waals surface area contributed by atoms with Crippen LogP contribution in [0.15, 0.2) is 0 Å². The third kappa shape index (κ3) is 3.93. The molecule has 3 atom stereocenters. The first-order chi connectivity index (χ1) is 9.08. The van der Waals surface area contributed by atoms with Crippen molar-refractivity contribution < 1.29 is 4.79 Å². The Bertz CT molecular complexity index is 308. The Balaban J connectivity index is 1.90. The van der Waals surface area contributed by atoms with E-state index >= 15 is 0 Å². The van der Waals surface area contributed by atoms with Gasteiger partial charge in [-0.25, -0.2) is 0 Å². The van der Waals surface area contributed by atoms with Crippen molar-refractivity contribution in [1.29, 1.82) is 0 Å². The second-order valence-electron chi connectivity index (χ2n) is 6.46. The molecule has 0 aromatic rings. The molecule has 1 heterocycles. The second-order valence-corrected chi connectivity index (χ2v) is 6.46. The van der Waals surface area contributed by atoms with E-state index in [0.717, 1.165) is 45.4 Å². The average molecular weight is 267 g/mol. The van der Waals surface area contributed by atoms with Crippen LogP contribution in [0.5, 0.6) is 0 Å². The lowest BCUT2D eigenvalue weighted by atomic mass is 9.78. The van der Waals surface area contributed by atoms with Crippen LogP contribution in [-0.4, -0.2) is 55.0 Å². The number of carbonyl (C=O) groups is 1. The zero-order valence-electron chi connectivity index (χ0n) is 12.5. The Labute approximate surface area is 117 Å². The molecule has 2 N–H and O–H groups in total. The SMILES string of the molecule is CC(C(=O)N1CCCN(C)CC1)C1CCCC(N)C1. The molecule has 1 aliphatic carbocycles. The lowest BCUT2D eigenvalue weighted by molar-refractivity contribution is -0.137. The summed E-state index contributed by atoms with van der Waals surface area (Å²) in [6.45, 7) is 6.03. The molecule has 0 aromatic heterocycles. The normalized spacial score (nSPS) is 31.8. The van der Waals surface area contributed by atoms with E-state index < -0.39 is 0 Å². The fourth-order valence-corrected chi connectivity index (χ4v) is 3.48. The molecule has 1 aliphatic heterocycles. The number of nitrogens with zero attached hydrogens (tertiary/aromatic N) is 2. The molecule has 2 aliphatic rings. The van der Waals surface area contributed by atoms with Crippen molar-refractivity contribution in [2.75, 3.05) is 33.2 Å². The van der Waals surface area contributed by atoms with Crippen molar-refractivity contribution in [2.24, 2.45) is 17.6 Å². The zero-order chi connectivity index (χ0) is 13.8. The van der Waals surface area contributed by atoms with E-state index in [2.05, 4.69) is 23.8 Å². The van der Waals surface area contributed by atoms with E-state index in [9.17, 15) is 4.79 Å². The standard InChI is InChI=1S/C15H29N3O/c1-12(13-5-3-6-14(16)11-13)15(19)18-8-4-7-17(2)9-10-18/h12-14H,3-11,16H2,1-2H3. The van der Waals surface area contributed by atoms with Crippen LogP contribution in [0.4, 0.5) is 0 Å². The van der Waals surface area contributed by atoms with Crippen LogP contribution in [0.25, 0.3) is 0 Å². The molecule has 2 rings (SSSR count). The maximum atomic E-state index is 12.6. The van der Waals surface area contributed by atoms with Crippen LogP contribution < -0.4 is 5.73 Å². The van der Waals surface area contributed by atoms with Crippen molar-refractivity contribution in [2.45, 2.75) is 45.1 Å². The Morgan fingerprint density at radius 3 is 2.68 bits per heavy atom. The van der Waals surface area contributed by atoms with E-state index in [-0.39, 0.29) is 5.92 Å². The predicted molar refractivity (Wildman–Crippen MR) is 77.8 cm³/mol. The number of hydrogen-bond acceptors (Lipinski definition) is 3. The minimum absolute atomic E-state index is 0.148. The summed E-state index contributed by atoms with van der Waals surface area (Å²) in [4.78, 5) is 17.0. The van der Waals surface area contributed by atoms with Crippen LogP contribution in [0.3, 0.4) is 0 Å². The third-order valence-corrected chi connectivity index (χ3v) is 4.88. The Kier molecular flexibility index (Phi) is 5.22. The monoisotopic (exact) mass is 267 g/mol. The highest BCUT2D eigenvalue weighted by Gasteiger charge is 2.31. The Hall–Kier alpha value is -0.610. The summed E-state index contributed by atoms with van der Waals surface area (Å²) in [6, 6.07) is 0.310. The highest BCUT2D eigenvalue weighted by Crippen LogP contribution is 2.30. The second kappa shape index (κ2) is 6.71. The van der Waals surface area contributed by atoms with Crippen molar-refractivity contribution in [3.8, 4) is 0 Å². The minimum Gasteiger partial charge on any atom is -0.341 e. The zero-order valence-corrected chi connectivity index (χ0v) is 12.5. The fraction of sp³-hybridized carbons (Fsp3) is 0.933. The van der Waals surface area contributed by atoms with Gasteiger partial charge in [-0.3, -0.25) is 4.79 Å². The predicted octanol–water partition coefficient (Wildman–Crippen LogP) is 1.30. The molecule has 0 aromatic carbocycles. The molecule has 4 nitrogen and oxygen atoms in total. The number of hydrogen-bond donors (Lipinski definition) is 1. The number of likely N-dealkylation sites (N-methyl/N-ethyl adjacent to an activating group) is 1. The lowest BCUT2D eigenvalue weighted by Crippen LogP contribution is -2.42. The molecular weight excluding hydrogens is 238 g/mol. The van der Waals surface area contributed by atoms with Gasteiger partial charge in [-0.05, 0) is 45.2 Å². The van der Waals surface area contributed by atoms with Gasteiger partial charge in [-0.2, -0.15) is 0 Å². The molecule has 2 fully saturated rings. The smallest absolute Gasteiger partial charge is 0.225 e. The van der Waals surface area contributed by atoms with Crippen molar-refractivity contribution in [3.05, 3.63) is 0 Å². The molecule has 1 amide bonds. The summed E-state index contributed by atoms with van der Waals surface area (Å²) < 4.78 is 0. The van der Waals surface area contributed by atoms with Crippen molar-refractivity contribution in [3.63, 3.8) is 0 Å². The van der Waals surface area contributed by atoms with Gasteiger partial charge >= 0.3 is 0 Å². The third-order valence-electron chi connectivity index (χ3n) is 4.88. The van der Waals surface area contributed by atoms with E-state index in [1.54, 1.807) is 0 Å². The maximum Gasteiger partial charge on any atom is 0.225 e. The Morgan fingerprint density at radius 1 is 1.16 bits per heavy atom. The molecule has 0 bridgehead atoms.